The van der Waals surface area contributed by atoms with Crippen LogP contribution in [0.3, 0.4) is 0 Å². The summed E-state index contributed by atoms with van der Waals surface area (Å²) in [5.41, 5.74) is 0.564. The number of hydrogen-bond acceptors (Lipinski definition) is 3. The molecule has 1 aromatic carbocycles. The van der Waals surface area contributed by atoms with Gasteiger partial charge in [-0.3, -0.25) is 0 Å². The molecule has 0 fully saturated rings. The first-order valence-corrected chi connectivity index (χ1v) is 5.99. The van der Waals surface area contributed by atoms with E-state index in [4.69, 9.17) is 11.6 Å². The highest BCUT2D eigenvalue weighted by molar-refractivity contribution is 9.10. The molecule has 2 rings (SSSR count). The van der Waals surface area contributed by atoms with Gasteiger partial charge >= 0.3 is 0 Å². The molecule has 0 unspecified atom stereocenters. The van der Waals surface area contributed by atoms with Crippen molar-refractivity contribution in [1.29, 1.82) is 0 Å². The average molecular weight is 317 g/mol. The van der Waals surface area contributed by atoms with Crippen LogP contribution in [0.4, 0.5) is 10.2 Å². The molecule has 0 spiro atoms. The molecule has 0 saturated carbocycles. The average Bonchev–Trinajstić information content (AvgIpc) is 2.32. The van der Waals surface area contributed by atoms with Crippen molar-refractivity contribution >= 4 is 33.3 Å². The Labute approximate surface area is 111 Å². The SMILES string of the molecule is Fc1ccccc1CNc1nc(Cl)ncc1Br. The van der Waals surface area contributed by atoms with Crippen molar-refractivity contribution in [2.24, 2.45) is 0 Å². The zero-order valence-electron chi connectivity index (χ0n) is 8.62. The van der Waals surface area contributed by atoms with E-state index in [1.165, 1.54) is 6.07 Å². The van der Waals surface area contributed by atoms with Crippen LogP contribution < -0.4 is 5.32 Å². The summed E-state index contributed by atoms with van der Waals surface area (Å²) in [5.74, 6) is 0.282. The number of hydrogen-bond donors (Lipinski definition) is 1. The lowest BCUT2D eigenvalue weighted by molar-refractivity contribution is 0.613. The third-order valence-electron chi connectivity index (χ3n) is 2.12. The summed E-state index contributed by atoms with van der Waals surface area (Å²) >= 11 is 8.96. The Kier molecular flexibility index (Phi) is 3.91. The van der Waals surface area contributed by atoms with Crippen molar-refractivity contribution in [2.45, 2.75) is 6.54 Å². The Bertz CT molecular complexity index is 536. The van der Waals surface area contributed by atoms with Crippen molar-refractivity contribution in [3.8, 4) is 0 Å². The first kappa shape index (κ1) is 12.3. The Morgan fingerprint density at radius 2 is 2.12 bits per heavy atom. The minimum atomic E-state index is -0.253. The van der Waals surface area contributed by atoms with Crippen LogP contribution in [-0.4, -0.2) is 9.97 Å². The van der Waals surface area contributed by atoms with Crippen LogP contribution in [0.1, 0.15) is 5.56 Å². The zero-order valence-corrected chi connectivity index (χ0v) is 11.0. The number of benzene rings is 1. The maximum Gasteiger partial charge on any atom is 0.224 e. The van der Waals surface area contributed by atoms with Crippen LogP contribution >= 0.6 is 27.5 Å². The van der Waals surface area contributed by atoms with Crippen molar-refractivity contribution in [2.75, 3.05) is 5.32 Å². The first-order chi connectivity index (χ1) is 8.16. The highest BCUT2D eigenvalue weighted by atomic mass is 79.9. The van der Waals surface area contributed by atoms with Gasteiger partial charge in [0.2, 0.25) is 5.28 Å². The van der Waals surface area contributed by atoms with Gasteiger partial charge in [-0.15, -0.1) is 0 Å². The van der Waals surface area contributed by atoms with E-state index in [2.05, 4.69) is 31.2 Å². The third-order valence-corrected chi connectivity index (χ3v) is 2.88. The minimum Gasteiger partial charge on any atom is -0.365 e. The van der Waals surface area contributed by atoms with Gasteiger partial charge in [0.1, 0.15) is 11.6 Å². The maximum absolute atomic E-state index is 13.4. The van der Waals surface area contributed by atoms with Crippen LogP contribution in [-0.2, 0) is 6.54 Å². The number of rotatable bonds is 3. The van der Waals surface area contributed by atoms with E-state index in [1.807, 2.05) is 0 Å². The fraction of sp³-hybridized carbons (Fsp3) is 0.0909. The number of aromatic nitrogens is 2. The molecule has 88 valence electrons. The molecule has 0 amide bonds. The van der Waals surface area contributed by atoms with Crippen LogP contribution in [0, 0.1) is 5.82 Å². The Morgan fingerprint density at radius 1 is 1.35 bits per heavy atom. The molecule has 0 aliphatic heterocycles. The van der Waals surface area contributed by atoms with E-state index in [0.29, 0.717) is 22.4 Å². The van der Waals surface area contributed by atoms with Gasteiger partial charge in [-0.2, -0.15) is 4.98 Å². The Hall–Kier alpha value is -1.20. The normalized spacial score (nSPS) is 10.3. The van der Waals surface area contributed by atoms with Gasteiger partial charge in [-0.1, -0.05) is 18.2 Å². The van der Waals surface area contributed by atoms with Crippen LogP contribution in [0.25, 0.3) is 0 Å². The second-order valence-corrected chi connectivity index (χ2v) is 4.47. The van der Waals surface area contributed by atoms with Gasteiger partial charge in [0.25, 0.3) is 0 Å². The number of anilines is 1. The van der Waals surface area contributed by atoms with Crippen molar-refractivity contribution in [3.05, 3.63) is 51.6 Å². The minimum absolute atomic E-state index is 0.143. The van der Waals surface area contributed by atoms with E-state index in [1.54, 1.807) is 24.4 Å². The summed E-state index contributed by atoms with van der Waals surface area (Å²) in [4.78, 5) is 7.80. The fourth-order valence-electron chi connectivity index (χ4n) is 1.29. The topological polar surface area (TPSA) is 37.8 Å². The molecule has 6 heteroatoms. The molecule has 1 aromatic heterocycles. The molecule has 0 bridgehead atoms. The van der Waals surface area contributed by atoms with E-state index >= 15 is 0 Å². The second-order valence-electron chi connectivity index (χ2n) is 3.28. The molecular weight excluding hydrogens is 308 g/mol. The van der Waals surface area contributed by atoms with Gasteiger partial charge in [0.15, 0.2) is 0 Å². The largest absolute Gasteiger partial charge is 0.365 e. The predicted octanol–water partition coefficient (Wildman–Crippen LogP) is 3.64. The summed E-state index contributed by atoms with van der Waals surface area (Å²) < 4.78 is 14.0. The molecule has 17 heavy (non-hydrogen) atoms. The number of nitrogens with one attached hydrogen (secondary N) is 1. The van der Waals surface area contributed by atoms with Gasteiger partial charge in [-0.25, -0.2) is 9.37 Å². The quantitative estimate of drug-likeness (QED) is 0.879. The number of nitrogens with zero attached hydrogens (tertiary/aromatic N) is 2. The van der Waals surface area contributed by atoms with Crippen molar-refractivity contribution < 1.29 is 4.39 Å². The van der Waals surface area contributed by atoms with Crippen molar-refractivity contribution in [1.82, 2.24) is 9.97 Å². The van der Waals surface area contributed by atoms with Crippen LogP contribution in [0.15, 0.2) is 34.9 Å². The van der Waals surface area contributed by atoms with Gasteiger partial charge in [-0.05, 0) is 33.6 Å². The third kappa shape index (κ3) is 3.14. The maximum atomic E-state index is 13.4. The molecule has 2 aromatic rings. The highest BCUT2D eigenvalue weighted by Gasteiger charge is 2.05. The fourth-order valence-corrected chi connectivity index (χ4v) is 1.75. The molecule has 0 saturated heterocycles. The van der Waals surface area contributed by atoms with Gasteiger partial charge in [0, 0.05) is 18.3 Å². The lowest BCUT2D eigenvalue weighted by atomic mass is 10.2. The standard InChI is InChI=1S/C11H8BrClFN3/c12-8-6-16-11(13)17-10(8)15-5-7-3-1-2-4-9(7)14/h1-4,6H,5H2,(H,15,16,17). The van der Waals surface area contributed by atoms with Crippen molar-refractivity contribution in [3.63, 3.8) is 0 Å². The number of halogens is 3. The summed E-state index contributed by atoms with van der Waals surface area (Å²) in [6.07, 6.45) is 1.54. The second kappa shape index (κ2) is 5.42. The summed E-state index contributed by atoms with van der Waals surface area (Å²) in [6, 6.07) is 6.55. The molecule has 3 nitrogen and oxygen atoms in total. The van der Waals surface area contributed by atoms with E-state index < -0.39 is 0 Å². The lowest BCUT2D eigenvalue weighted by Gasteiger charge is -2.08. The Balaban J connectivity index is 2.12. The smallest absolute Gasteiger partial charge is 0.224 e. The Morgan fingerprint density at radius 3 is 2.88 bits per heavy atom. The lowest BCUT2D eigenvalue weighted by Crippen LogP contribution is -2.04. The molecule has 1 heterocycles. The first-order valence-electron chi connectivity index (χ1n) is 4.82. The monoisotopic (exact) mass is 315 g/mol. The van der Waals surface area contributed by atoms with E-state index in [9.17, 15) is 4.39 Å². The van der Waals surface area contributed by atoms with E-state index in [0.717, 1.165) is 0 Å². The molecule has 0 aliphatic rings. The van der Waals surface area contributed by atoms with E-state index in [-0.39, 0.29) is 11.1 Å². The summed E-state index contributed by atoms with van der Waals surface area (Å²) in [7, 11) is 0. The molecule has 0 atom stereocenters. The zero-order chi connectivity index (χ0) is 12.3. The van der Waals surface area contributed by atoms with Crippen LogP contribution in [0.5, 0.6) is 0 Å². The van der Waals surface area contributed by atoms with Gasteiger partial charge < -0.3 is 5.32 Å². The molecule has 0 radical (unpaired) electrons. The summed E-state index contributed by atoms with van der Waals surface area (Å²) in [6.45, 7) is 0.332. The van der Waals surface area contributed by atoms with Gasteiger partial charge in [0.05, 0.1) is 4.47 Å². The summed E-state index contributed by atoms with van der Waals surface area (Å²) in [5, 5.41) is 3.13. The van der Waals surface area contributed by atoms with Crippen LogP contribution in [0.2, 0.25) is 5.28 Å². The molecular formula is C11H8BrClFN3. The highest BCUT2D eigenvalue weighted by Crippen LogP contribution is 2.21. The molecule has 1 N–H and O–H groups in total. The molecule has 0 aliphatic carbocycles. The predicted molar refractivity (Wildman–Crippen MR) is 68.5 cm³/mol.